The molecule has 2 aromatic rings. The predicted molar refractivity (Wildman–Crippen MR) is 91.1 cm³/mol. The Kier molecular flexibility index (Phi) is 3.52. The van der Waals surface area contributed by atoms with E-state index in [2.05, 4.69) is 10.6 Å². The van der Waals surface area contributed by atoms with Gasteiger partial charge in [0.15, 0.2) is 5.82 Å². The molecule has 0 spiro atoms. The Morgan fingerprint density at radius 1 is 1.38 bits per heavy atom. The first kappa shape index (κ1) is 16.5. The van der Waals surface area contributed by atoms with E-state index < -0.39 is 40.8 Å². The van der Waals surface area contributed by atoms with Gasteiger partial charge in [-0.05, 0) is 25.8 Å². The number of carboxylic acid groups (broad SMARTS) is 1. The second-order valence-electron chi connectivity index (χ2n) is 6.68. The monoisotopic (exact) mass is 361 g/mol. The third-order valence-corrected chi connectivity index (χ3v) is 4.75. The molecule has 1 fully saturated rings. The second-order valence-corrected chi connectivity index (χ2v) is 6.68. The average Bonchev–Trinajstić information content (AvgIpc) is 3.39. The molecule has 1 aromatic carbocycles. The number of halogens is 1. The number of fused-ring (bicyclic) bond motifs is 2. The minimum absolute atomic E-state index is 0.00533. The zero-order valence-corrected chi connectivity index (χ0v) is 13.7. The number of carbonyl (C=O) groups excluding carboxylic acids is 1. The number of nitrogens with zero attached hydrogens (tertiary/aromatic N) is 1. The van der Waals surface area contributed by atoms with E-state index in [9.17, 15) is 24.6 Å². The van der Waals surface area contributed by atoms with Crippen LogP contribution in [-0.4, -0.2) is 38.8 Å². The minimum Gasteiger partial charge on any atom is -0.477 e. The third kappa shape index (κ3) is 2.35. The van der Waals surface area contributed by atoms with E-state index in [0.29, 0.717) is 0 Å². The van der Waals surface area contributed by atoms with Gasteiger partial charge in [0.05, 0.1) is 28.4 Å². The number of aromatic nitrogens is 1. The fraction of sp³-hybridized carbons (Fsp3) is 0.353. The van der Waals surface area contributed by atoms with Crippen molar-refractivity contribution in [1.82, 2.24) is 4.57 Å². The molecule has 4 rings (SSSR count). The largest absolute Gasteiger partial charge is 0.477 e. The molecular weight excluding hydrogens is 345 g/mol. The molecule has 2 aliphatic rings. The number of hydrogen-bond acceptors (Lipinski definition) is 5. The van der Waals surface area contributed by atoms with Crippen LogP contribution >= 0.6 is 0 Å². The summed E-state index contributed by atoms with van der Waals surface area (Å²) in [5.41, 5.74) is -1.24. The zero-order chi connectivity index (χ0) is 18.7. The SMILES string of the molecule is CC(O)C1Nc2c(cc3c(=O)c(C(=O)O)cn(C4CC4)c3c2F)NC1=O. The number of aliphatic hydroxyl groups is 1. The van der Waals surface area contributed by atoms with Crippen LogP contribution in [-0.2, 0) is 4.79 Å². The van der Waals surface area contributed by atoms with E-state index in [1.165, 1.54) is 23.8 Å². The Bertz CT molecular complexity index is 1030. The van der Waals surface area contributed by atoms with Gasteiger partial charge in [0.1, 0.15) is 11.6 Å². The van der Waals surface area contributed by atoms with Gasteiger partial charge in [-0.1, -0.05) is 0 Å². The zero-order valence-electron chi connectivity index (χ0n) is 13.7. The molecule has 1 aliphatic carbocycles. The molecular formula is C17H16FN3O5. The summed E-state index contributed by atoms with van der Waals surface area (Å²) >= 11 is 0. The fourth-order valence-electron chi connectivity index (χ4n) is 3.28. The highest BCUT2D eigenvalue weighted by molar-refractivity contribution is 6.07. The van der Waals surface area contributed by atoms with Crippen LogP contribution in [0.5, 0.6) is 0 Å². The van der Waals surface area contributed by atoms with Crippen molar-refractivity contribution in [2.75, 3.05) is 10.6 Å². The van der Waals surface area contributed by atoms with Crippen molar-refractivity contribution in [3.8, 4) is 0 Å². The lowest BCUT2D eigenvalue weighted by molar-refractivity contribution is -0.118. The van der Waals surface area contributed by atoms with E-state index >= 15 is 4.39 Å². The van der Waals surface area contributed by atoms with Gasteiger partial charge in [-0.2, -0.15) is 0 Å². The lowest BCUT2D eigenvalue weighted by Gasteiger charge is -2.29. The Labute approximate surface area is 146 Å². The number of rotatable bonds is 3. The maximum absolute atomic E-state index is 15.3. The number of anilines is 2. The summed E-state index contributed by atoms with van der Waals surface area (Å²) in [5.74, 6) is -2.71. The fourth-order valence-corrected chi connectivity index (χ4v) is 3.28. The molecule has 26 heavy (non-hydrogen) atoms. The van der Waals surface area contributed by atoms with Gasteiger partial charge in [0.25, 0.3) is 0 Å². The van der Waals surface area contributed by atoms with Crippen LogP contribution in [0.3, 0.4) is 0 Å². The first-order valence-electron chi connectivity index (χ1n) is 8.19. The Morgan fingerprint density at radius 2 is 2.08 bits per heavy atom. The molecule has 136 valence electrons. The molecule has 4 N–H and O–H groups in total. The standard InChI is InChI=1S/C17H16FN3O5/c1-6(22)12-16(24)19-10-4-8-14(11(18)13(10)20-12)21(7-2-3-7)5-9(15(8)23)17(25)26/h4-7,12,20,22H,2-3H2,1H3,(H,19,24)(H,25,26). The van der Waals surface area contributed by atoms with Crippen molar-refractivity contribution in [3.63, 3.8) is 0 Å². The summed E-state index contributed by atoms with van der Waals surface area (Å²) < 4.78 is 16.8. The maximum Gasteiger partial charge on any atom is 0.341 e. The number of amides is 1. The lowest BCUT2D eigenvalue weighted by atomic mass is 10.0. The second kappa shape index (κ2) is 5.53. The Morgan fingerprint density at radius 3 is 2.65 bits per heavy atom. The Hall–Kier alpha value is -2.94. The van der Waals surface area contributed by atoms with Crippen LogP contribution in [0.4, 0.5) is 15.8 Å². The van der Waals surface area contributed by atoms with Crippen molar-refractivity contribution in [2.24, 2.45) is 0 Å². The van der Waals surface area contributed by atoms with Crippen LogP contribution < -0.4 is 16.1 Å². The molecule has 2 heterocycles. The number of benzene rings is 1. The molecule has 1 amide bonds. The first-order valence-corrected chi connectivity index (χ1v) is 8.19. The minimum atomic E-state index is -1.39. The van der Waals surface area contributed by atoms with Crippen LogP contribution in [0.2, 0.25) is 0 Å². The molecule has 2 atom stereocenters. The molecule has 8 nitrogen and oxygen atoms in total. The van der Waals surface area contributed by atoms with Gasteiger partial charge in [0, 0.05) is 12.2 Å². The molecule has 1 aliphatic heterocycles. The summed E-state index contributed by atoms with van der Waals surface area (Å²) in [7, 11) is 0. The highest BCUT2D eigenvalue weighted by Crippen LogP contribution is 2.41. The summed E-state index contributed by atoms with van der Waals surface area (Å²) in [6.07, 6.45) is 1.63. The highest BCUT2D eigenvalue weighted by Gasteiger charge is 2.34. The molecule has 1 aromatic heterocycles. The van der Waals surface area contributed by atoms with Gasteiger partial charge in [-0.25, -0.2) is 9.18 Å². The predicted octanol–water partition coefficient (Wildman–Crippen LogP) is 1.29. The normalized spacial score (nSPS) is 20.3. The van der Waals surface area contributed by atoms with Crippen molar-refractivity contribution in [3.05, 3.63) is 33.9 Å². The van der Waals surface area contributed by atoms with E-state index in [4.69, 9.17) is 0 Å². The topological polar surface area (TPSA) is 121 Å². The van der Waals surface area contributed by atoms with E-state index in [1.54, 1.807) is 0 Å². The van der Waals surface area contributed by atoms with Gasteiger partial charge in [-0.3, -0.25) is 9.59 Å². The summed E-state index contributed by atoms with van der Waals surface area (Å²) in [5, 5.41) is 24.0. The number of aliphatic hydroxyl groups excluding tert-OH is 1. The smallest absolute Gasteiger partial charge is 0.341 e. The number of pyridine rings is 1. The summed E-state index contributed by atoms with van der Waals surface area (Å²) in [6, 6.07) is 0.174. The molecule has 9 heteroatoms. The number of nitrogens with one attached hydrogen (secondary N) is 2. The lowest BCUT2D eigenvalue weighted by Crippen LogP contribution is -2.46. The van der Waals surface area contributed by atoms with Crippen molar-refractivity contribution >= 4 is 34.2 Å². The summed E-state index contributed by atoms with van der Waals surface area (Å²) in [6.45, 7) is 1.40. The summed E-state index contributed by atoms with van der Waals surface area (Å²) in [4.78, 5) is 36.0. The number of carbonyl (C=O) groups is 2. The van der Waals surface area contributed by atoms with E-state index in [1.807, 2.05) is 0 Å². The quantitative estimate of drug-likeness (QED) is 0.654. The maximum atomic E-state index is 15.3. The number of aromatic carboxylic acids is 1. The third-order valence-electron chi connectivity index (χ3n) is 4.75. The number of carboxylic acids is 1. The molecule has 0 bridgehead atoms. The van der Waals surface area contributed by atoms with E-state index in [0.717, 1.165) is 12.8 Å². The van der Waals surface area contributed by atoms with Gasteiger partial charge in [0.2, 0.25) is 11.3 Å². The Balaban J connectivity index is 2.03. The van der Waals surface area contributed by atoms with Crippen LogP contribution in [0.15, 0.2) is 17.1 Å². The van der Waals surface area contributed by atoms with Gasteiger partial charge < -0.3 is 25.4 Å². The van der Waals surface area contributed by atoms with Crippen molar-refractivity contribution < 1.29 is 24.2 Å². The number of hydrogen-bond donors (Lipinski definition) is 4. The van der Waals surface area contributed by atoms with E-state index in [-0.39, 0.29) is 28.3 Å². The van der Waals surface area contributed by atoms with Crippen LogP contribution in [0, 0.1) is 5.82 Å². The van der Waals surface area contributed by atoms with Crippen LogP contribution in [0.1, 0.15) is 36.2 Å². The first-order chi connectivity index (χ1) is 12.3. The average molecular weight is 361 g/mol. The molecule has 0 saturated heterocycles. The molecule has 2 unspecified atom stereocenters. The van der Waals surface area contributed by atoms with Crippen LogP contribution in [0.25, 0.3) is 10.9 Å². The van der Waals surface area contributed by atoms with Crippen molar-refractivity contribution in [1.29, 1.82) is 0 Å². The molecule has 1 saturated carbocycles. The highest BCUT2D eigenvalue weighted by atomic mass is 19.1. The van der Waals surface area contributed by atoms with Gasteiger partial charge >= 0.3 is 5.97 Å². The van der Waals surface area contributed by atoms with Crippen molar-refractivity contribution in [2.45, 2.75) is 38.0 Å². The van der Waals surface area contributed by atoms with Gasteiger partial charge in [-0.15, -0.1) is 0 Å². The molecule has 0 radical (unpaired) electrons.